The first-order valence-corrected chi connectivity index (χ1v) is 5.74. The van der Waals surface area contributed by atoms with Gasteiger partial charge in [0.2, 0.25) is 0 Å². The van der Waals surface area contributed by atoms with Gasteiger partial charge in [0.05, 0.1) is 11.9 Å². The zero-order valence-electron chi connectivity index (χ0n) is 10.6. The van der Waals surface area contributed by atoms with Crippen molar-refractivity contribution in [2.75, 3.05) is 12.8 Å². The monoisotopic (exact) mass is 248 g/mol. The van der Waals surface area contributed by atoms with Crippen molar-refractivity contribution < 1.29 is 4.39 Å². The molecule has 0 unspecified atom stereocenters. The van der Waals surface area contributed by atoms with Crippen molar-refractivity contribution in [3.05, 3.63) is 47.5 Å². The third-order valence-corrected chi connectivity index (χ3v) is 2.73. The number of aryl methyl sites for hydroxylation is 1. The molecule has 0 saturated heterocycles. The van der Waals surface area contributed by atoms with Gasteiger partial charge in [-0.2, -0.15) is 5.10 Å². The Morgan fingerprint density at radius 1 is 1.33 bits per heavy atom. The topological polar surface area (TPSA) is 47.1 Å². The van der Waals surface area contributed by atoms with Crippen molar-refractivity contribution in [1.82, 2.24) is 14.7 Å². The summed E-state index contributed by atoms with van der Waals surface area (Å²) in [5, 5.41) is 4.12. The zero-order valence-corrected chi connectivity index (χ0v) is 10.6. The van der Waals surface area contributed by atoms with Crippen molar-refractivity contribution in [3.63, 3.8) is 0 Å². The van der Waals surface area contributed by atoms with Gasteiger partial charge in [-0.25, -0.2) is 4.39 Å². The van der Waals surface area contributed by atoms with E-state index in [-0.39, 0.29) is 11.5 Å². The van der Waals surface area contributed by atoms with E-state index in [1.54, 1.807) is 10.7 Å². The van der Waals surface area contributed by atoms with E-state index in [4.69, 9.17) is 5.73 Å². The van der Waals surface area contributed by atoms with Gasteiger partial charge in [0.15, 0.2) is 0 Å². The molecule has 0 radical (unpaired) electrons. The summed E-state index contributed by atoms with van der Waals surface area (Å²) < 4.78 is 15.1. The molecule has 18 heavy (non-hydrogen) atoms. The molecule has 4 nitrogen and oxygen atoms in total. The molecule has 0 atom stereocenters. The van der Waals surface area contributed by atoms with Crippen LogP contribution < -0.4 is 5.73 Å². The molecule has 2 rings (SSSR count). The van der Waals surface area contributed by atoms with E-state index in [0.29, 0.717) is 6.54 Å². The SMILES string of the molecule is CN(Cc1ccc(N)c(F)c1)Cc1cnn(C)c1. The van der Waals surface area contributed by atoms with E-state index < -0.39 is 0 Å². The van der Waals surface area contributed by atoms with Gasteiger partial charge in [0.1, 0.15) is 5.82 Å². The maximum Gasteiger partial charge on any atom is 0.146 e. The van der Waals surface area contributed by atoms with E-state index in [1.165, 1.54) is 6.07 Å². The van der Waals surface area contributed by atoms with Gasteiger partial charge in [-0.05, 0) is 24.7 Å². The number of anilines is 1. The molecule has 0 bridgehead atoms. The van der Waals surface area contributed by atoms with Crippen LogP contribution in [0.4, 0.5) is 10.1 Å². The van der Waals surface area contributed by atoms with Crippen LogP contribution in [0.2, 0.25) is 0 Å². The van der Waals surface area contributed by atoms with E-state index in [2.05, 4.69) is 10.00 Å². The number of rotatable bonds is 4. The fraction of sp³-hybridized carbons (Fsp3) is 0.308. The van der Waals surface area contributed by atoms with E-state index in [0.717, 1.165) is 17.7 Å². The second-order valence-electron chi connectivity index (χ2n) is 4.55. The van der Waals surface area contributed by atoms with Crippen LogP contribution in [-0.4, -0.2) is 21.7 Å². The number of hydrogen-bond acceptors (Lipinski definition) is 3. The molecule has 0 fully saturated rings. The summed E-state index contributed by atoms with van der Waals surface area (Å²) in [6, 6.07) is 4.93. The molecule has 2 aromatic rings. The highest BCUT2D eigenvalue weighted by Gasteiger charge is 2.05. The van der Waals surface area contributed by atoms with Crippen LogP contribution in [-0.2, 0) is 20.1 Å². The Kier molecular flexibility index (Phi) is 3.62. The number of nitrogens with two attached hydrogens (primary N) is 1. The summed E-state index contributed by atoms with van der Waals surface area (Å²) >= 11 is 0. The molecule has 5 heteroatoms. The quantitative estimate of drug-likeness (QED) is 0.839. The van der Waals surface area contributed by atoms with Crippen molar-refractivity contribution in [1.29, 1.82) is 0 Å². The summed E-state index contributed by atoms with van der Waals surface area (Å²) in [6.45, 7) is 1.45. The first-order valence-electron chi connectivity index (χ1n) is 5.74. The van der Waals surface area contributed by atoms with E-state index in [9.17, 15) is 4.39 Å². The molecular formula is C13H17FN4. The van der Waals surface area contributed by atoms with Crippen molar-refractivity contribution in [2.24, 2.45) is 7.05 Å². The van der Waals surface area contributed by atoms with Crippen molar-refractivity contribution >= 4 is 5.69 Å². The van der Waals surface area contributed by atoms with Gasteiger partial charge in [-0.1, -0.05) is 6.07 Å². The van der Waals surface area contributed by atoms with Crippen LogP contribution >= 0.6 is 0 Å². The molecule has 2 N–H and O–H groups in total. The highest BCUT2D eigenvalue weighted by Crippen LogP contribution is 2.14. The van der Waals surface area contributed by atoms with Gasteiger partial charge in [0.25, 0.3) is 0 Å². The standard InChI is InChI=1S/C13H17FN4/c1-17(8-11-6-16-18(2)9-11)7-10-3-4-13(15)12(14)5-10/h3-6,9H,7-8,15H2,1-2H3. The minimum Gasteiger partial charge on any atom is -0.396 e. The molecule has 0 aliphatic heterocycles. The zero-order chi connectivity index (χ0) is 13.1. The lowest BCUT2D eigenvalue weighted by Crippen LogP contribution is -2.17. The average molecular weight is 248 g/mol. The third kappa shape index (κ3) is 3.07. The molecule has 96 valence electrons. The molecule has 0 spiro atoms. The summed E-state index contributed by atoms with van der Waals surface area (Å²) in [5.41, 5.74) is 7.68. The van der Waals surface area contributed by atoms with E-state index >= 15 is 0 Å². The number of halogens is 1. The second-order valence-corrected chi connectivity index (χ2v) is 4.55. The first kappa shape index (κ1) is 12.6. The maximum absolute atomic E-state index is 13.3. The first-order chi connectivity index (χ1) is 8.54. The molecule has 0 saturated carbocycles. The minimum atomic E-state index is -0.359. The van der Waals surface area contributed by atoms with Crippen LogP contribution in [0.15, 0.2) is 30.6 Å². The summed E-state index contributed by atoms with van der Waals surface area (Å²) in [4.78, 5) is 2.10. The Balaban J connectivity index is 1.98. The predicted molar refractivity (Wildman–Crippen MR) is 69.2 cm³/mol. The van der Waals surface area contributed by atoms with Gasteiger partial charge < -0.3 is 5.73 Å². The largest absolute Gasteiger partial charge is 0.396 e. The Labute approximate surface area is 106 Å². The number of hydrogen-bond donors (Lipinski definition) is 1. The molecule has 0 amide bonds. The predicted octanol–water partition coefficient (Wildman–Crippen LogP) is 1.77. The highest BCUT2D eigenvalue weighted by atomic mass is 19.1. The van der Waals surface area contributed by atoms with Crippen LogP contribution in [0, 0.1) is 5.82 Å². The minimum absolute atomic E-state index is 0.189. The second kappa shape index (κ2) is 5.18. The number of aromatic nitrogens is 2. The molecular weight excluding hydrogens is 231 g/mol. The summed E-state index contributed by atoms with van der Waals surface area (Å²) in [7, 11) is 3.88. The fourth-order valence-corrected chi connectivity index (χ4v) is 1.90. The lowest BCUT2D eigenvalue weighted by atomic mass is 10.2. The number of nitrogen functional groups attached to an aromatic ring is 1. The maximum atomic E-state index is 13.3. The Morgan fingerprint density at radius 2 is 2.06 bits per heavy atom. The third-order valence-electron chi connectivity index (χ3n) is 2.73. The average Bonchev–Trinajstić information content (AvgIpc) is 2.69. The van der Waals surface area contributed by atoms with Crippen molar-refractivity contribution in [2.45, 2.75) is 13.1 Å². The number of nitrogens with zero attached hydrogens (tertiary/aromatic N) is 3. The van der Waals surface area contributed by atoms with Gasteiger partial charge in [0, 0.05) is 31.9 Å². The van der Waals surface area contributed by atoms with Crippen LogP contribution in [0.3, 0.4) is 0 Å². The summed E-state index contributed by atoms with van der Waals surface area (Å²) in [5.74, 6) is -0.359. The van der Waals surface area contributed by atoms with Gasteiger partial charge in [-0.3, -0.25) is 9.58 Å². The van der Waals surface area contributed by atoms with E-state index in [1.807, 2.05) is 32.6 Å². The molecule has 0 aliphatic carbocycles. The molecule has 1 aromatic heterocycles. The highest BCUT2D eigenvalue weighted by molar-refractivity contribution is 5.41. The lowest BCUT2D eigenvalue weighted by molar-refractivity contribution is 0.318. The Hall–Kier alpha value is -1.88. The van der Waals surface area contributed by atoms with Crippen LogP contribution in [0.5, 0.6) is 0 Å². The fourth-order valence-electron chi connectivity index (χ4n) is 1.90. The number of benzene rings is 1. The molecule has 0 aliphatic rings. The van der Waals surface area contributed by atoms with Crippen molar-refractivity contribution in [3.8, 4) is 0 Å². The van der Waals surface area contributed by atoms with Gasteiger partial charge in [-0.15, -0.1) is 0 Å². The van der Waals surface area contributed by atoms with Crippen LogP contribution in [0.25, 0.3) is 0 Å². The Morgan fingerprint density at radius 3 is 2.67 bits per heavy atom. The molecule has 1 aromatic carbocycles. The lowest BCUT2D eigenvalue weighted by Gasteiger charge is -2.15. The molecule has 1 heterocycles. The summed E-state index contributed by atoms with van der Waals surface area (Å²) in [6.07, 6.45) is 3.81. The van der Waals surface area contributed by atoms with Gasteiger partial charge >= 0.3 is 0 Å². The Bertz CT molecular complexity index is 536. The normalized spacial score (nSPS) is 11.1. The van der Waals surface area contributed by atoms with Crippen LogP contribution in [0.1, 0.15) is 11.1 Å². The smallest absolute Gasteiger partial charge is 0.146 e.